The molecule has 4 rings (SSSR count). The summed E-state index contributed by atoms with van der Waals surface area (Å²) >= 11 is 0. The first-order valence-corrected chi connectivity index (χ1v) is 11.4. The number of fused-ring (bicyclic) bond motifs is 2. The maximum absolute atomic E-state index is 12.8. The molecule has 5 N–H and O–H groups in total. The van der Waals surface area contributed by atoms with Gasteiger partial charge in [0.15, 0.2) is 12.3 Å². The number of rotatable bonds is 7. The number of benzene rings is 1. The number of ether oxygens (including phenoxy) is 1. The van der Waals surface area contributed by atoms with Crippen LogP contribution < -0.4 is 26.0 Å². The van der Waals surface area contributed by atoms with Crippen LogP contribution in [0.2, 0.25) is 0 Å². The number of nitrogens with zero attached hydrogens (tertiary/aromatic N) is 2. The smallest absolute Gasteiger partial charge is 0.272 e. The molecule has 4 amide bonds. The molecule has 2 aromatic heterocycles. The van der Waals surface area contributed by atoms with Gasteiger partial charge in [-0.15, -0.1) is 0 Å². The summed E-state index contributed by atoms with van der Waals surface area (Å²) in [7, 11) is 0. The fraction of sp³-hybridized carbons (Fsp3) is 0.333. The zero-order chi connectivity index (χ0) is 25.9. The average Bonchev–Trinajstić information content (AvgIpc) is 3.22. The molecular weight excluding hydrogens is 466 g/mol. The summed E-state index contributed by atoms with van der Waals surface area (Å²) in [6.07, 6.45) is 2.81. The number of carbonyl (C=O) groups excluding carboxylic acids is 4. The zero-order valence-electron chi connectivity index (χ0n) is 20.2. The van der Waals surface area contributed by atoms with E-state index >= 15 is 0 Å². The van der Waals surface area contributed by atoms with Crippen molar-refractivity contribution in [3.05, 3.63) is 42.0 Å². The Morgan fingerprint density at radius 2 is 1.89 bits per heavy atom. The van der Waals surface area contributed by atoms with Crippen LogP contribution in [0.3, 0.4) is 0 Å². The molecule has 0 unspecified atom stereocenters. The van der Waals surface area contributed by atoms with Crippen molar-refractivity contribution in [2.75, 3.05) is 17.2 Å². The van der Waals surface area contributed by atoms with Gasteiger partial charge in [0.05, 0.1) is 16.9 Å². The summed E-state index contributed by atoms with van der Waals surface area (Å²) in [5.74, 6) is -0.688. The lowest BCUT2D eigenvalue weighted by Gasteiger charge is -2.20. The van der Waals surface area contributed by atoms with E-state index in [0.717, 1.165) is 5.56 Å². The number of hydrogen-bond donors (Lipinski definition) is 5. The lowest BCUT2D eigenvalue weighted by molar-refractivity contribution is -0.125. The molecule has 1 aliphatic heterocycles. The zero-order valence-corrected chi connectivity index (χ0v) is 20.2. The van der Waals surface area contributed by atoms with E-state index in [9.17, 15) is 19.2 Å². The Hall–Kier alpha value is -4.48. The molecule has 1 aliphatic rings. The molecule has 0 fully saturated rings. The lowest BCUT2D eigenvalue weighted by Crippen LogP contribution is -2.40. The highest BCUT2D eigenvalue weighted by Gasteiger charge is 2.20. The van der Waals surface area contributed by atoms with E-state index in [4.69, 9.17) is 4.74 Å². The highest BCUT2D eigenvalue weighted by Crippen LogP contribution is 2.28. The number of nitrogens with one attached hydrogen (secondary N) is 5. The van der Waals surface area contributed by atoms with Crippen molar-refractivity contribution in [1.82, 2.24) is 25.6 Å². The summed E-state index contributed by atoms with van der Waals surface area (Å²) in [5, 5.41) is 11.1. The number of anilines is 2. The second-order valence-corrected chi connectivity index (χ2v) is 9.34. The molecule has 188 valence electrons. The number of carbonyl (C=O) groups is 4. The van der Waals surface area contributed by atoms with Crippen molar-refractivity contribution in [2.45, 2.75) is 45.7 Å². The average molecular weight is 494 g/mol. The third-order valence-corrected chi connectivity index (χ3v) is 5.18. The van der Waals surface area contributed by atoms with Gasteiger partial charge in [-0.3, -0.25) is 19.2 Å². The topological polar surface area (TPSA) is 167 Å². The molecule has 0 radical (unpaired) electrons. The van der Waals surface area contributed by atoms with E-state index in [0.29, 0.717) is 28.2 Å². The molecule has 0 spiro atoms. The van der Waals surface area contributed by atoms with Crippen molar-refractivity contribution < 1.29 is 23.9 Å². The molecular formula is C24H27N7O5. The van der Waals surface area contributed by atoms with Gasteiger partial charge in [0.2, 0.25) is 11.8 Å². The first-order valence-electron chi connectivity index (χ1n) is 11.4. The SMILES string of the molecule is CC(C)(C)NC(=O)CCC(=O)Nc1c[nH]c2c(C(=O)NCc3ccc4c(c3)NC(=O)CO4)ncnc12. The largest absolute Gasteiger partial charge is 0.482 e. The molecule has 0 saturated carbocycles. The summed E-state index contributed by atoms with van der Waals surface area (Å²) < 4.78 is 5.34. The third-order valence-electron chi connectivity index (χ3n) is 5.18. The van der Waals surface area contributed by atoms with Gasteiger partial charge in [-0.1, -0.05) is 6.07 Å². The second kappa shape index (κ2) is 10.0. The molecule has 0 bridgehead atoms. The van der Waals surface area contributed by atoms with Crippen LogP contribution in [0.25, 0.3) is 11.0 Å². The molecule has 3 aromatic rings. The van der Waals surface area contributed by atoms with E-state index in [-0.39, 0.29) is 54.9 Å². The van der Waals surface area contributed by atoms with Crippen molar-refractivity contribution in [3.8, 4) is 5.75 Å². The van der Waals surface area contributed by atoms with Crippen LogP contribution in [0.15, 0.2) is 30.7 Å². The third kappa shape index (κ3) is 5.95. The Morgan fingerprint density at radius 3 is 2.67 bits per heavy atom. The lowest BCUT2D eigenvalue weighted by atomic mass is 10.1. The molecule has 1 aromatic carbocycles. The minimum atomic E-state index is -0.445. The minimum Gasteiger partial charge on any atom is -0.482 e. The fourth-order valence-corrected chi connectivity index (χ4v) is 3.63. The van der Waals surface area contributed by atoms with Gasteiger partial charge in [-0.2, -0.15) is 0 Å². The minimum absolute atomic E-state index is 0.000709. The highest BCUT2D eigenvalue weighted by atomic mass is 16.5. The number of hydrogen-bond acceptors (Lipinski definition) is 7. The van der Waals surface area contributed by atoms with Crippen molar-refractivity contribution >= 4 is 46.0 Å². The normalized spacial score (nSPS) is 12.8. The summed E-state index contributed by atoms with van der Waals surface area (Å²) in [5.41, 5.74) is 2.16. The first-order chi connectivity index (χ1) is 17.1. The summed E-state index contributed by atoms with van der Waals surface area (Å²) in [6, 6.07) is 5.24. The van der Waals surface area contributed by atoms with E-state index in [1.807, 2.05) is 20.8 Å². The van der Waals surface area contributed by atoms with Gasteiger partial charge in [-0.25, -0.2) is 9.97 Å². The number of aromatic amines is 1. The van der Waals surface area contributed by atoms with Crippen LogP contribution >= 0.6 is 0 Å². The predicted molar refractivity (Wildman–Crippen MR) is 131 cm³/mol. The van der Waals surface area contributed by atoms with E-state index < -0.39 is 5.91 Å². The fourth-order valence-electron chi connectivity index (χ4n) is 3.63. The molecule has 0 saturated heterocycles. The van der Waals surface area contributed by atoms with Crippen molar-refractivity contribution in [2.24, 2.45) is 0 Å². The van der Waals surface area contributed by atoms with Gasteiger partial charge in [0.25, 0.3) is 11.8 Å². The van der Waals surface area contributed by atoms with Crippen molar-refractivity contribution in [3.63, 3.8) is 0 Å². The highest BCUT2D eigenvalue weighted by molar-refractivity contribution is 6.08. The number of aromatic nitrogens is 3. The maximum atomic E-state index is 12.8. The first kappa shape index (κ1) is 24.6. The van der Waals surface area contributed by atoms with E-state index in [1.165, 1.54) is 12.5 Å². The standard InChI is InChI=1S/C24H27N7O5/c1-24(2,3)31-18(33)7-6-17(32)30-15-10-25-21-20(15)27-12-28-22(21)23(35)26-9-13-4-5-16-14(8-13)29-19(34)11-36-16/h4-5,8,10,12,25H,6-7,9,11H2,1-3H3,(H,26,35)(H,29,34)(H,30,32)(H,31,33). The molecule has 12 heteroatoms. The van der Waals surface area contributed by atoms with Crippen molar-refractivity contribution in [1.29, 1.82) is 0 Å². The monoisotopic (exact) mass is 493 g/mol. The van der Waals surface area contributed by atoms with Gasteiger partial charge in [0, 0.05) is 31.1 Å². The Kier molecular flexibility index (Phi) is 6.86. The molecule has 0 atom stereocenters. The van der Waals surface area contributed by atoms with Gasteiger partial charge >= 0.3 is 0 Å². The van der Waals surface area contributed by atoms with E-state index in [2.05, 4.69) is 36.2 Å². The predicted octanol–water partition coefficient (Wildman–Crippen LogP) is 1.85. The quantitative estimate of drug-likeness (QED) is 0.335. The maximum Gasteiger partial charge on any atom is 0.272 e. The second-order valence-electron chi connectivity index (χ2n) is 9.34. The van der Waals surface area contributed by atoms with E-state index in [1.54, 1.807) is 18.2 Å². The molecule has 3 heterocycles. The summed E-state index contributed by atoms with van der Waals surface area (Å²) in [4.78, 5) is 59.9. The molecule has 12 nitrogen and oxygen atoms in total. The van der Waals surface area contributed by atoms with Crippen LogP contribution in [0.4, 0.5) is 11.4 Å². The van der Waals surface area contributed by atoms with Gasteiger partial charge in [0.1, 0.15) is 17.6 Å². The van der Waals surface area contributed by atoms with Crippen LogP contribution in [0.5, 0.6) is 5.75 Å². The number of amides is 4. The Bertz CT molecular complexity index is 1340. The Morgan fingerprint density at radius 1 is 1.11 bits per heavy atom. The van der Waals surface area contributed by atoms with Crippen LogP contribution in [0.1, 0.15) is 49.7 Å². The van der Waals surface area contributed by atoms with Crippen LogP contribution in [-0.2, 0) is 20.9 Å². The van der Waals surface area contributed by atoms with Crippen LogP contribution in [-0.4, -0.2) is 50.7 Å². The van der Waals surface area contributed by atoms with Gasteiger partial charge < -0.3 is 31.0 Å². The Balaban J connectivity index is 1.39. The summed E-state index contributed by atoms with van der Waals surface area (Å²) in [6.45, 7) is 5.76. The molecule has 36 heavy (non-hydrogen) atoms. The molecule has 0 aliphatic carbocycles. The number of H-pyrrole nitrogens is 1. The Labute approximate surface area is 206 Å². The van der Waals surface area contributed by atoms with Crippen LogP contribution in [0, 0.1) is 0 Å². The van der Waals surface area contributed by atoms with Gasteiger partial charge in [-0.05, 0) is 38.5 Å².